The van der Waals surface area contributed by atoms with Crippen molar-refractivity contribution in [3.63, 3.8) is 0 Å². The SMILES string of the molecule is Cc1ccc2c(O)c(N=Nc3ccccc3S(=O)(=O)O)ccc2c1.O=S(=O)=O.O=S(=O)=O. The van der Waals surface area contributed by atoms with Gasteiger partial charge >= 0.3 is 21.2 Å². The number of phenols is 1. The number of phenolic OH excluding ortho intramolecular Hbond substituents is 1. The fourth-order valence-corrected chi connectivity index (χ4v) is 2.99. The van der Waals surface area contributed by atoms with Crippen LogP contribution in [0.1, 0.15) is 5.56 Å². The lowest BCUT2D eigenvalue weighted by Gasteiger charge is -2.05. The monoisotopic (exact) mass is 502 g/mol. The number of hydrogen-bond donors (Lipinski definition) is 2. The third kappa shape index (κ3) is 8.68. The molecule has 12 nitrogen and oxygen atoms in total. The van der Waals surface area contributed by atoms with E-state index < -0.39 is 31.3 Å². The van der Waals surface area contributed by atoms with Gasteiger partial charge in [-0.25, -0.2) is 0 Å². The third-order valence-electron chi connectivity index (χ3n) is 3.53. The first kappa shape index (κ1) is 26.5. The normalized spacial score (nSPS) is 10.6. The average molecular weight is 503 g/mol. The number of aromatic hydroxyl groups is 1. The Morgan fingerprint density at radius 3 is 1.88 bits per heavy atom. The lowest BCUT2D eigenvalue weighted by Crippen LogP contribution is -1.97. The molecule has 0 bridgehead atoms. The maximum absolute atomic E-state index is 11.3. The maximum Gasteiger partial charge on any atom is 0.425 e. The minimum Gasteiger partial charge on any atom is -0.505 e. The van der Waals surface area contributed by atoms with Crippen LogP contribution in [-0.2, 0) is 31.3 Å². The van der Waals surface area contributed by atoms with Gasteiger partial charge in [0.1, 0.15) is 16.3 Å². The van der Waals surface area contributed by atoms with Gasteiger partial charge < -0.3 is 5.11 Å². The van der Waals surface area contributed by atoms with Crippen molar-refractivity contribution in [2.45, 2.75) is 11.8 Å². The lowest BCUT2D eigenvalue weighted by molar-refractivity contribution is 0.482. The minimum atomic E-state index is -4.40. The first-order chi connectivity index (χ1) is 14.8. The molecular weight excluding hydrogens is 488 g/mol. The molecule has 3 aromatic rings. The predicted molar refractivity (Wildman–Crippen MR) is 110 cm³/mol. The topological polar surface area (TPSA) is 202 Å². The van der Waals surface area contributed by atoms with Gasteiger partial charge in [0.2, 0.25) is 0 Å². The van der Waals surface area contributed by atoms with Crippen molar-refractivity contribution >= 4 is 53.5 Å². The van der Waals surface area contributed by atoms with Gasteiger partial charge in [-0.15, -0.1) is 35.5 Å². The molecule has 15 heteroatoms. The van der Waals surface area contributed by atoms with E-state index in [1.165, 1.54) is 18.2 Å². The number of aryl methyl sites for hydroxylation is 1. The van der Waals surface area contributed by atoms with E-state index in [2.05, 4.69) is 10.2 Å². The van der Waals surface area contributed by atoms with Gasteiger partial charge in [0.25, 0.3) is 10.1 Å². The molecule has 0 atom stereocenters. The first-order valence-electron chi connectivity index (χ1n) is 8.07. The highest BCUT2D eigenvalue weighted by atomic mass is 32.2. The Kier molecular flexibility index (Phi) is 9.73. The maximum atomic E-state index is 11.3. The van der Waals surface area contributed by atoms with Crippen LogP contribution in [-0.4, -0.2) is 43.3 Å². The van der Waals surface area contributed by atoms with Crippen molar-refractivity contribution in [3.05, 3.63) is 60.2 Å². The molecule has 2 N–H and O–H groups in total. The van der Waals surface area contributed by atoms with Crippen LogP contribution in [0.15, 0.2) is 69.7 Å². The van der Waals surface area contributed by atoms with E-state index in [1.54, 1.807) is 24.3 Å². The van der Waals surface area contributed by atoms with Gasteiger partial charge in [-0.2, -0.15) is 8.42 Å². The van der Waals surface area contributed by atoms with Gasteiger partial charge in [0.05, 0.1) is 0 Å². The number of fused-ring (bicyclic) bond motifs is 1. The van der Waals surface area contributed by atoms with Crippen molar-refractivity contribution in [2.24, 2.45) is 10.2 Å². The second-order valence-electron chi connectivity index (χ2n) is 5.71. The van der Waals surface area contributed by atoms with E-state index in [4.69, 9.17) is 25.3 Å². The summed E-state index contributed by atoms with van der Waals surface area (Å²) in [6.07, 6.45) is 0. The highest BCUT2D eigenvalue weighted by Crippen LogP contribution is 2.36. The fraction of sp³-hybridized carbons (Fsp3) is 0.0588. The number of hydrogen-bond acceptors (Lipinski definition) is 11. The minimum absolute atomic E-state index is 0.0107. The van der Waals surface area contributed by atoms with Gasteiger partial charge in [0, 0.05) is 5.39 Å². The van der Waals surface area contributed by atoms with Crippen LogP contribution in [0.25, 0.3) is 10.8 Å². The molecule has 32 heavy (non-hydrogen) atoms. The van der Waals surface area contributed by atoms with Gasteiger partial charge in [-0.05, 0) is 30.5 Å². The molecule has 0 aliphatic carbocycles. The van der Waals surface area contributed by atoms with Gasteiger partial charge in [0.15, 0.2) is 5.75 Å². The lowest BCUT2D eigenvalue weighted by atomic mass is 10.1. The van der Waals surface area contributed by atoms with Crippen LogP contribution in [0.2, 0.25) is 0 Å². The van der Waals surface area contributed by atoms with Crippen molar-refractivity contribution in [2.75, 3.05) is 0 Å². The molecule has 0 amide bonds. The summed E-state index contributed by atoms with van der Waals surface area (Å²) in [5.74, 6) is -0.0411. The summed E-state index contributed by atoms with van der Waals surface area (Å²) in [6, 6.07) is 14.7. The van der Waals surface area contributed by atoms with Crippen LogP contribution in [0, 0.1) is 6.92 Å². The van der Waals surface area contributed by atoms with E-state index in [9.17, 15) is 18.1 Å². The molecule has 0 saturated carbocycles. The Morgan fingerprint density at radius 2 is 1.31 bits per heavy atom. The molecular formula is C17H14N2O10S3. The van der Waals surface area contributed by atoms with E-state index in [1.807, 2.05) is 19.1 Å². The zero-order valence-electron chi connectivity index (χ0n) is 16.0. The summed E-state index contributed by atoms with van der Waals surface area (Å²) in [6.45, 7) is 1.95. The Morgan fingerprint density at radius 1 is 0.781 bits per heavy atom. The summed E-state index contributed by atoms with van der Waals surface area (Å²) in [5.41, 5.74) is 1.26. The largest absolute Gasteiger partial charge is 0.505 e. The molecule has 0 aliphatic heterocycles. The third-order valence-corrected chi connectivity index (χ3v) is 4.44. The Balaban J connectivity index is 0.000000554. The smallest absolute Gasteiger partial charge is 0.425 e. The number of nitrogens with zero attached hydrogens (tertiary/aromatic N) is 2. The van der Waals surface area contributed by atoms with Crippen LogP contribution in [0.3, 0.4) is 0 Å². The van der Waals surface area contributed by atoms with E-state index in [0.29, 0.717) is 5.39 Å². The predicted octanol–water partition coefficient (Wildman–Crippen LogP) is 2.51. The molecule has 3 aromatic carbocycles. The van der Waals surface area contributed by atoms with E-state index in [0.717, 1.165) is 10.9 Å². The van der Waals surface area contributed by atoms with Gasteiger partial charge in [-0.1, -0.05) is 42.0 Å². The van der Waals surface area contributed by atoms with E-state index in [-0.39, 0.29) is 22.0 Å². The molecule has 0 aliphatic rings. The Labute approximate surface area is 184 Å². The molecule has 0 saturated heterocycles. The van der Waals surface area contributed by atoms with Crippen molar-refractivity contribution < 1.29 is 43.3 Å². The summed E-state index contributed by atoms with van der Waals surface area (Å²) < 4.78 is 82.6. The Bertz CT molecular complexity index is 1440. The summed E-state index contributed by atoms with van der Waals surface area (Å²) in [7, 11) is -10.6. The zero-order chi connectivity index (χ0) is 24.5. The zero-order valence-corrected chi connectivity index (χ0v) is 18.4. The standard InChI is InChI=1S/C17H14N2O4S.2O3S/c1-11-6-8-13-12(10-11)7-9-15(17(13)20)19-18-14-4-2-3-5-16(14)24(21,22)23;2*1-4(2)3/h2-10,20H,1H3,(H,21,22,23);;. The second-order valence-corrected chi connectivity index (χ2v) is 7.92. The average Bonchev–Trinajstić information content (AvgIpc) is 2.66. The van der Waals surface area contributed by atoms with Crippen LogP contribution < -0.4 is 0 Å². The van der Waals surface area contributed by atoms with Crippen LogP contribution >= 0.6 is 0 Å². The summed E-state index contributed by atoms with van der Waals surface area (Å²) in [5, 5.41) is 19.6. The molecule has 0 heterocycles. The number of benzene rings is 3. The molecule has 170 valence electrons. The highest BCUT2D eigenvalue weighted by Gasteiger charge is 2.14. The van der Waals surface area contributed by atoms with Crippen molar-refractivity contribution in [1.82, 2.24) is 0 Å². The number of azo groups is 1. The second kappa shape index (κ2) is 11.8. The summed E-state index contributed by atoms with van der Waals surface area (Å²) >= 11 is 0. The molecule has 0 spiro atoms. The first-order valence-corrected chi connectivity index (χ1v) is 11.5. The Hall–Kier alpha value is -3.53. The van der Waals surface area contributed by atoms with Crippen LogP contribution in [0.4, 0.5) is 11.4 Å². The fourth-order valence-electron chi connectivity index (χ4n) is 2.37. The quantitative estimate of drug-likeness (QED) is 0.395. The van der Waals surface area contributed by atoms with E-state index >= 15 is 0 Å². The molecule has 0 unspecified atom stereocenters. The number of rotatable bonds is 3. The molecule has 0 aromatic heterocycles. The van der Waals surface area contributed by atoms with Crippen molar-refractivity contribution in [3.8, 4) is 5.75 Å². The van der Waals surface area contributed by atoms with Crippen molar-refractivity contribution in [1.29, 1.82) is 0 Å². The highest BCUT2D eigenvalue weighted by molar-refractivity contribution is 7.86. The van der Waals surface area contributed by atoms with Crippen LogP contribution in [0.5, 0.6) is 5.75 Å². The van der Waals surface area contributed by atoms with Gasteiger partial charge in [-0.3, -0.25) is 4.55 Å². The summed E-state index contributed by atoms with van der Waals surface area (Å²) in [4.78, 5) is -0.343. The molecule has 3 rings (SSSR count). The molecule has 0 radical (unpaired) electrons. The molecule has 0 fully saturated rings.